The Morgan fingerprint density at radius 3 is 2.56 bits per heavy atom. The van der Waals surface area contributed by atoms with Gasteiger partial charge in [0, 0.05) is 5.41 Å². The SMILES string of the molecule is CC(C(=O)O)C1=CS(=O)(=O)c2ccccc21. The van der Waals surface area contributed by atoms with Crippen molar-refractivity contribution in [2.24, 2.45) is 5.92 Å². The maximum atomic E-state index is 11.7. The molecule has 0 aliphatic carbocycles. The molecule has 1 aliphatic rings. The van der Waals surface area contributed by atoms with E-state index in [0.29, 0.717) is 11.1 Å². The Morgan fingerprint density at radius 2 is 1.94 bits per heavy atom. The molecule has 0 spiro atoms. The van der Waals surface area contributed by atoms with Crippen LogP contribution in [0.15, 0.2) is 34.6 Å². The molecule has 16 heavy (non-hydrogen) atoms. The van der Waals surface area contributed by atoms with Crippen molar-refractivity contribution in [1.82, 2.24) is 0 Å². The summed E-state index contributed by atoms with van der Waals surface area (Å²) in [5.41, 5.74) is 0.848. The smallest absolute Gasteiger partial charge is 0.310 e. The molecule has 1 aliphatic heterocycles. The van der Waals surface area contributed by atoms with Crippen molar-refractivity contribution < 1.29 is 18.3 Å². The van der Waals surface area contributed by atoms with E-state index in [9.17, 15) is 13.2 Å². The van der Waals surface area contributed by atoms with E-state index in [1.165, 1.54) is 13.0 Å². The third-order valence-electron chi connectivity index (χ3n) is 2.62. The molecular weight excluding hydrogens is 228 g/mol. The molecule has 0 fully saturated rings. The number of benzene rings is 1. The zero-order valence-corrected chi connectivity index (χ0v) is 9.36. The van der Waals surface area contributed by atoms with Gasteiger partial charge < -0.3 is 5.11 Å². The van der Waals surface area contributed by atoms with E-state index in [2.05, 4.69) is 0 Å². The van der Waals surface area contributed by atoms with Crippen LogP contribution in [0.4, 0.5) is 0 Å². The minimum Gasteiger partial charge on any atom is -0.481 e. The van der Waals surface area contributed by atoms with Crippen LogP contribution < -0.4 is 0 Å². The molecule has 2 rings (SSSR count). The molecular formula is C11H10O4S. The number of carbonyl (C=O) groups is 1. The van der Waals surface area contributed by atoms with Gasteiger partial charge in [-0.3, -0.25) is 4.79 Å². The molecule has 0 saturated heterocycles. The fourth-order valence-electron chi connectivity index (χ4n) is 1.72. The first-order chi connectivity index (χ1) is 7.43. The Kier molecular flexibility index (Phi) is 2.35. The van der Waals surface area contributed by atoms with Gasteiger partial charge in [0.15, 0.2) is 0 Å². The number of fused-ring (bicyclic) bond motifs is 1. The topological polar surface area (TPSA) is 71.4 Å². The Bertz CT molecular complexity index is 584. The van der Waals surface area contributed by atoms with E-state index < -0.39 is 21.7 Å². The summed E-state index contributed by atoms with van der Waals surface area (Å²) in [5, 5.41) is 9.95. The summed E-state index contributed by atoms with van der Waals surface area (Å²) in [6.07, 6.45) is 0. The minimum atomic E-state index is -3.46. The second-order valence-corrected chi connectivity index (χ2v) is 5.44. The van der Waals surface area contributed by atoms with Crippen LogP contribution in [-0.4, -0.2) is 19.5 Å². The number of carboxylic acids is 1. The summed E-state index contributed by atoms with van der Waals surface area (Å²) < 4.78 is 23.4. The predicted octanol–water partition coefficient (Wildman–Crippen LogP) is 1.54. The van der Waals surface area contributed by atoms with Crippen molar-refractivity contribution in [3.8, 4) is 0 Å². The molecule has 1 heterocycles. The van der Waals surface area contributed by atoms with Gasteiger partial charge in [0.05, 0.1) is 10.8 Å². The van der Waals surface area contributed by atoms with Crippen LogP contribution in [0.2, 0.25) is 0 Å². The Balaban J connectivity index is 2.64. The standard InChI is InChI=1S/C11H10O4S/c1-7(11(12)13)9-6-16(14,15)10-5-3-2-4-8(9)10/h2-7H,1H3,(H,12,13). The highest BCUT2D eigenvalue weighted by Crippen LogP contribution is 2.37. The minimum absolute atomic E-state index is 0.193. The predicted molar refractivity (Wildman–Crippen MR) is 58.4 cm³/mol. The average molecular weight is 238 g/mol. The van der Waals surface area contributed by atoms with Gasteiger partial charge >= 0.3 is 5.97 Å². The molecule has 0 aromatic heterocycles. The van der Waals surface area contributed by atoms with Crippen LogP contribution in [0.3, 0.4) is 0 Å². The first-order valence-corrected chi connectivity index (χ1v) is 6.27. The maximum absolute atomic E-state index is 11.7. The van der Waals surface area contributed by atoms with Crippen molar-refractivity contribution in [1.29, 1.82) is 0 Å². The van der Waals surface area contributed by atoms with Gasteiger partial charge in [-0.1, -0.05) is 18.2 Å². The molecule has 5 heteroatoms. The molecule has 1 aromatic carbocycles. The number of carboxylic acid groups (broad SMARTS) is 1. The molecule has 1 aromatic rings. The molecule has 84 valence electrons. The van der Waals surface area contributed by atoms with Crippen LogP contribution >= 0.6 is 0 Å². The number of sulfone groups is 1. The third kappa shape index (κ3) is 1.53. The van der Waals surface area contributed by atoms with Crippen molar-refractivity contribution in [2.45, 2.75) is 11.8 Å². The zero-order chi connectivity index (χ0) is 11.9. The van der Waals surface area contributed by atoms with E-state index in [1.54, 1.807) is 18.2 Å². The normalized spacial score (nSPS) is 18.7. The van der Waals surface area contributed by atoms with Gasteiger partial charge in [0.25, 0.3) is 0 Å². The highest BCUT2D eigenvalue weighted by atomic mass is 32.2. The largest absolute Gasteiger partial charge is 0.481 e. The van der Waals surface area contributed by atoms with Crippen molar-refractivity contribution in [3.05, 3.63) is 35.2 Å². The molecule has 0 saturated carbocycles. The second-order valence-electron chi connectivity index (χ2n) is 3.67. The average Bonchev–Trinajstić information content (AvgIpc) is 2.51. The number of hydrogen-bond acceptors (Lipinski definition) is 3. The highest BCUT2D eigenvalue weighted by Gasteiger charge is 2.31. The first kappa shape index (κ1) is 10.9. The van der Waals surface area contributed by atoms with E-state index in [-0.39, 0.29) is 4.90 Å². The van der Waals surface area contributed by atoms with Crippen molar-refractivity contribution >= 4 is 21.4 Å². The van der Waals surface area contributed by atoms with E-state index in [0.717, 1.165) is 5.41 Å². The second kappa shape index (κ2) is 3.45. The van der Waals surface area contributed by atoms with Gasteiger partial charge in [-0.25, -0.2) is 8.42 Å². The monoisotopic (exact) mass is 238 g/mol. The number of rotatable bonds is 2. The third-order valence-corrected chi connectivity index (χ3v) is 4.16. The van der Waals surface area contributed by atoms with Crippen molar-refractivity contribution in [2.75, 3.05) is 0 Å². The van der Waals surface area contributed by atoms with Crippen molar-refractivity contribution in [3.63, 3.8) is 0 Å². The molecule has 0 amide bonds. The first-order valence-electron chi connectivity index (χ1n) is 4.72. The summed E-state index contributed by atoms with van der Waals surface area (Å²) in [6, 6.07) is 6.44. The Morgan fingerprint density at radius 1 is 1.31 bits per heavy atom. The lowest BCUT2D eigenvalue weighted by Gasteiger charge is -2.07. The van der Waals surface area contributed by atoms with Crippen LogP contribution in [-0.2, 0) is 14.6 Å². The Hall–Kier alpha value is -1.62. The lowest BCUT2D eigenvalue weighted by molar-refractivity contribution is -0.139. The lowest BCUT2D eigenvalue weighted by atomic mass is 9.96. The fraction of sp³-hybridized carbons (Fsp3) is 0.182. The van der Waals surface area contributed by atoms with Gasteiger partial charge in [-0.15, -0.1) is 0 Å². The molecule has 4 nitrogen and oxygen atoms in total. The van der Waals surface area contributed by atoms with Crippen LogP contribution in [0.5, 0.6) is 0 Å². The maximum Gasteiger partial charge on any atom is 0.310 e. The summed E-state index contributed by atoms with van der Waals surface area (Å²) in [7, 11) is -3.46. The van der Waals surface area contributed by atoms with Crippen LogP contribution in [0, 0.1) is 5.92 Å². The number of aliphatic carboxylic acids is 1. The zero-order valence-electron chi connectivity index (χ0n) is 8.54. The molecule has 1 N–H and O–H groups in total. The fourth-order valence-corrected chi connectivity index (χ4v) is 3.27. The van der Waals surface area contributed by atoms with Gasteiger partial charge in [-0.05, 0) is 24.1 Å². The summed E-state index contributed by atoms with van der Waals surface area (Å²) >= 11 is 0. The molecule has 1 atom stereocenters. The summed E-state index contributed by atoms with van der Waals surface area (Å²) in [6.45, 7) is 1.48. The van der Waals surface area contributed by atoms with Crippen LogP contribution in [0.1, 0.15) is 12.5 Å². The number of hydrogen-bond donors (Lipinski definition) is 1. The van der Waals surface area contributed by atoms with Crippen LogP contribution in [0.25, 0.3) is 5.57 Å². The highest BCUT2D eigenvalue weighted by molar-refractivity contribution is 7.95. The van der Waals surface area contributed by atoms with E-state index in [1.807, 2.05) is 0 Å². The summed E-state index contributed by atoms with van der Waals surface area (Å²) in [5.74, 6) is -1.85. The lowest BCUT2D eigenvalue weighted by Crippen LogP contribution is -2.10. The molecule has 1 unspecified atom stereocenters. The Labute approximate surface area is 93.1 Å². The molecule has 0 bridgehead atoms. The van der Waals surface area contributed by atoms with E-state index >= 15 is 0 Å². The van der Waals surface area contributed by atoms with Gasteiger partial charge in [-0.2, -0.15) is 0 Å². The molecule has 0 radical (unpaired) electrons. The van der Waals surface area contributed by atoms with Gasteiger partial charge in [0.2, 0.25) is 9.84 Å². The van der Waals surface area contributed by atoms with Gasteiger partial charge in [0.1, 0.15) is 0 Å². The summed E-state index contributed by atoms with van der Waals surface area (Å²) in [4.78, 5) is 11.1. The van der Waals surface area contributed by atoms with E-state index in [4.69, 9.17) is 5.11 Å². The quantitative estimate of drug-likeness (QED) is 0.848.